The van der Waals surface area contributed by atoms with Crippen LogP contribution in [0.1, 0.15) is 28.8 Å². The number of esters is 1. The number of rotatable bonds is 5. The summed E-state index contributed by atoms with van der Waals surface area (Å²) >= 11 is 0. The molecule has 0 unspecified atom stereocenters. The highest BCUT2D eigenvalue weighted by Crippen LogP contribution is 2.19. The molecule has 0 atom stereocenters. The molecule has 0 heterocycles. The van der Waals surface area contributed by atoms with Crippen LogP contribution in [-0.2, 0) is 9.53 Å². The van der Waals surface area contributed by atoms with Crippen molar-refractivity contribution < 1.29 is 23.9 Å². The Bertz CT molecular complexity index is 596. The summed E-state index contributed by atoms with van der Waals surface area (Å²) in [4.78, 5) is 34.7. The van der Waals surface area contributed by atoms with E-state index in [1.54, 1.807) is 12.1 Å². The fourth-order valence-electron chi connectivity index (χ4n) is 1.77. The molecule has 1 aliphatic rings. The number of benzene rings is 1. The van der Waals surface area contributed by atoms with Crippen molar-refractivity contribution in [3.05, 3.63) is 29.3 Å². The zero-order valence-corrected chi connectivity index (χ0v) is 12.5. The second-order valence-corrected chi connectivity index (χ2v) is 5.06. The molecule has 0 saturated heterocycles. The highest BCUT2D eigenvalue weighted by molar-refractivity contribution is 5.97. The first-order valence-corrected chi connectivity index (χ1v) is 6.91. The predicted molar refractivity (Wildman–Crippen MR) is 77.7 cm³/mol. The number of carbonyl (C=O) groups excluding carboxylic acids is 3. The third-order valence-electron chi connectivity index (χ3n) is 3.14. The minimum atomic E-state index is -0.675. The summed E-state index contributed by atoms with van der Waals surface area (Å²) in [6, 6.07) is 4.42. The summed E-state index contributed by atoms with van der Waals surface area (Å²) in [5.41, 5.74) is 1.16. The first kappa shape index (κ1) is 15.8. The molecular weight excluding hydrogens is 288 g/mol. The lowest BCUT2D eigenvalue weighted by molar-refractivity contribution is -0.123. The number of methoxy groups -OCH3 is 1. The van der Waals surface area contributed by atoms with Crippen LogP contribution < -0.4 is 15.4 Å². The Balaban J connectivity index is 1.81. The van der Waals surface area contributed by atoms with Gasteiger partial charge in [-0.2, -0.15) is 0 Å². The number of amides is 3. The normalized spacial score (nSPS) is 13.2. The van der Waals surface area contributed by atoms with Gasteiger partial charge in [0, 0.05) is 6.04 Å². The molecule has 3 amide bonds. The standard InChI is InChI=1S/C15H18N2O5/c1-9-3-4-10(7-12(9)21-2)14(19)22-8-13(18)17-15(20)16-11-5-6-11/h3-4,7,11H,5-6,8H2,1-2H3,(H2,16,17,18,20). The highest BCUT2D eigenvalue weighted by atomic mass is 16.5. The fraction of sp³-hybridized carbons (Fsp3) is 0.400. The van der Waals surface area contributed by atoms with Crippen molar-refractivity contribution in [1.29, 1.82) is 0 Å². The number of aryl methyl sites for hydroxylation is 1. The average molecular weight is 306 g/mol. The van der Waals surface area contributed by atoms with Gasteiger partial charge in [-0.25, -0.2) is 9.59 Å². The van der Waals surface area contributed by atoms with E-state index < -0.39 is 24.5 Å². The van der Waals surface area contributed by atoms with Gasteiger partial charge in [-0.3, -0.25) is 10.1 Å². The maximum atomic E-state index is 11.8. The lowest BCUT2D eigenvalue weighted by Crippen LogP contribution is -2.42. The molecule has 0 spiro atoms. The van der Waals surface area contributed by atoms with Crippen molar-refractivity contribution in [3.63, 3.8) is 0 Å². The van der Waals surface area contributed by atoms with Gasteiger partial charge in [0.25, 0.3) is 5.91 Å². The topological polar surface area (TPSA) is 93.7 Å². The molecule has 1 aromatic rings. The lowest BCUT2D eigenvalue weighted by Gasteiger charge is -2.08. The van der Waals surface area contributed by atoms with Gasteiger partial charge in [-0.1, -0.05) is 6.07 Å². The summed E-state index contributed by atoms with van der Waals surface area (Å²) in [6.45, 7) is 1.33. The van der Waals surface area contributed by atoms with Crippen LogP contribution in [0.3, 0.4) is 0 Å². The van der Waals surface area contributed by atoms with Crippen molar-refractivity contribution in [2.45, 2.75) is 25.8 Å². The van der Waals surface area contributed by atoms with Gasteiger partial charge in [0.05, 0.1) is 12.7 Å². The first-order valence-electron chi connectivity index (χ1n) is 6.91. The molecule has 0 aromatic heterocycles. The van der Waals surface area contributed by atoms with Crippen LogP contribution in [0.5, 0.6) is 5.75 Å². The molecule has 0 aliphatic heterocycles. The van der Waals surface area contributed by atoms with Gasteiger partial charge in [-0.15, -0.1) is 0 Å². The zero-order chi connectivity index (χ0) is 16.1. The van der Waals surface area contributed by atoms with Crippen LogP contribution in [0, 0.1) is 6.92 Å². The van der Waals surface area contributed by atoms with Gasteiger partial charge in [0.2, 0.25) is 0 Å². The summed E-state index contributed by atoms with van der Waals surface area (Å²) in [5.74, 6) is -0.774. The second-order valence-electron chi connectivity index (χ2n) is 5.06. The van der Waals surface area contributed by atoms with Crippen molar-refractivity contribution in [1.82, 2.24) is 10.6 Å². The number of hydrogen-bond acceptors (Lipinski definition) is 5. The van der Waals surface area contributed by atoms with Crippen molar-refractivity contribution >= 4 is 17.9 Å². The first-order chi connectivity index (χ1) is 10.5. The van der Waals surface area contributed by atoms with Crippen LogP contribution >= 0.6 is 0 Å². The molecule has 0 radical (unpaired) electrons. The van der Waals surface area contributed by atoms with Crippen molar-refractivity contribution in [3.8, 4) is 5.75 Å². The Hall–Kier alpha value is -2.57. The number of imide groups is 1. The average Bonchev–Trinajstić information content (AvgIpc) is 3.29. The van der Waals surface area contributed by atoms with E-state index in [9.17, 15) is 14.4 Å². The zero-order valence-electron chi connectivity index (χ0n) is 12.5. The summed E-state index contributed by atoms with van der Waals surface area (Å²) in [7, 11) is 1.50. The van der Waals surface area contributed by atoms with Crippen LogP contribution in [0.25, 0.3) is 0 Å². The maximum absolute atomic E-state index is 11.8. The minimum absolute atomic E-state index is 0.148. The number of hydrogen-bond donors (Lipinski definition) is 2. The van der Waals surface area contributed by atoms with Gasteiger partial charge in [-0.05, 0) is 37.5 Å². The molecular formula is C15H18N2O5. The molecule has 7 nitrogen and oxygen atoms in total. The molecule has 1 aliphatic carbocycles. The quantitative estimate of drug-likeness (QED) is 0.796. The van der Waals surface area contributed by atoms with Gasteiger partial charge >= 0.3 is 12.0 Å². The molecule has 2 rings (SSSR count). The largest absolute Gasteiger partial charge is 0.496 e. The smallest absolute Gasteiger partial charge is 0.338 e. The molecule has 22 heavy (non-hydrogen) atoms. The van der Waals surface area contributed by atoms with E-state index in [-0.39, 0.29) is 11.6 Å². The van der Waals surface area contributed by atoms with E-state index in [2.05, 4.69) is 10.6 Å². The van der Waals surface area contributed by atoms with Crippen molar-refractivity contribution in [2.24, 2.45) is 0 Å². The van der Waals surface area contributed by atoms with Crippen LogP contribution in [0.15, 0.2) is 18.2 Å². The molecule has 1 fully saturated rings. The minimum Gasteiger partial charge on any atom is -0.496 e. The number of urea groups is 1. The lowest BCUT2D eigenvalue weighted by atomic mass is 10.1. The second kappa shape index (κ2) is 6.93. The Morgan fingerprint density at radius 2 is 2.00 bits per heavy atom. The van der Waals surface area contributed by atoms with Crippen LogP contribution in [0.2, 0.25) is 0 Å². The fourth-order valence-corrected chi connectivity index (χ4v) is 1.77. The summed E-state index contributed by atoms with van der Waals surface area (Å²) < 4.78 is 9.98. The Morgan fingerprint density at radius 1 is 1.27 bits per heavy atom. The SMILES string of the molecule is COc1cc(C(=O)OCC(=O)NC(=O)NC2CC2)ccc1C. The highest BCUT2D eigenvalue weighted by Gasteiger charge is 2.24. The van der Waals surface area contributed by atoms with E-state index in [0.29, 0.717) is 5.75 Å². The molecule has 0 bridgehead atoms. The van der Waals surface area contributed by atoms with Gasteiger partial charge in [0.1, 0.15) is 5.75 Å². The number of carbonyl (C=O) groups is 3. The predicted octanol–water partition coefficient (Wildman–Crippen LogP) is 1.15. The van der Waals surface area contributed by atoms with E-state index in [0.717, 1.165) is 18.4 Å². The Morgan fingerprint density at radius 3 is 2.64 bits per heavy atom. The summed E-state index contributed by atoms with van der Waals surface area (Å²) in [5, 5.41) is 4.70. The summed E-state index contributed by atoms with van der Waals surface area (Å²) in [6.07, 6.45) is 1.84. The van der Waals surface area contributed by atoms with E-state index in [1.165, 1.54) is 13.2 Å². The van der Waals surface area contributed by atoms with Gasteiger partial charge in [0.15, 0.2) is 6.61 Å². The molecule has 1 saturated carbocycles. The van der Waals surface area contributed by atoms with Crippen LogP contribution in [0.4, 0.5) is 4.79 Å². The van der Waals surface area contributed by atoms with Gasteiger partial charge < -0.3 is 14.8 Å². The molecule has 2 N–H and O–H groups in total. The number of ether oxygens (including phenoxy) is 2. The van der Waals surface area contributed by atoms with Crippen LogP contribution in [-0.4, -0.2) is 37.7 Å². The Kier molecular flexibility index (Phi) is 4.98. The third kappa shape index (κ3) is 4.47. The third-order valence-corrected chi connectivity index (χ3v) is 3.14. The monoisotopic (exact) mass is 306 g/mol. The van der Waals surface area contributed by atoms with E-state index in [1.807, 2.05) is 6.92 Å². The maximum Gasteiger partial charge on any atom is 0.338 e. The Labute approximate surface area is 128 Å². The van der Waals surface area contributed by atoms with E-state index in [4.69, 9.17) is 9.47 Å². The van der Waals surface area contributed by atoms with Crippen molar-refractivity contribution in [2.75, 3.05) is 13.7 Å². The molecule has 7 heteroatoms. The number of nitrogens with one attached hydrogen (secondary N) is 2. The molecule has 1 aromatic carbocycles. The molecule has 118 valence electrons. The van der Waals surface area contributed by atoms with E-state index >= 15 is 0 Å².